The van der Waals surface area contributed by atoms with E-state index in [1.54, 1.807) is 12.1 Å². The molecule has 0 N–H and O–H groups in total. The van der Waals surface area contributed by atoms with Crippen molar-refractivity contribution in [3.05, 3.63) is 24.2 Å². The Morgan fingerprint density at radius 2 is 1.78 bits per heavy atom. The van der Waals surface area contributed by atoms with Crippen molar-refractivity contribution in [2.24, 2.45) is 0 Å². The van der Waals surface area contributed by atoms with E-state index in [4.69, 9.17) is 9.15 Å². The van der Waals surface area contributed by atoms with E-state index in [-0.39, 0.29) is 11.7 Å². The Morgan fingerprint density at radius 3 is 2.39 bits per heavy atom. The molecule has 1 rings (SSSR count). The van der Waals surface area contributed by atoms with Gasteiger partial charge in [-0.05, 0) is 18.6 Å². The predicted octanol–water partition coefficient (Wildman–Crippen LogP) is 4.58. The van der Waals surface area contributed by atoms with Crippen LogP contribution in [0.2, 0.25) is 0 Å². The Bertz CT molecular complexity index is 304. The Balaban J connectivity index is 1.88. The largest absolute Gasteiger partial charge is 0.460 e. The maximum absolute atomic E-state index is 11.4. The molecule has 1 heterocycles. The molecule has 1 aromatic rings. The van der Waals surface area contributed by atoms with E-state index in [1.807, 2.05) is 0 Å². The van der Waals surface area contributed by atoms with Gasteiger partial charge in [-0.25, -0.2) is 4.79 Å². The number of unbranched alkanes of at least 4 members (excludes halogenated alkanes) is 7. The highest BCUT2D eigenvalue weighted by molar-refractivity contribution is 5.86. The molecule has 102 valence electrons. The summed E-state index contributed by atoms with van der Waals surface area (Å²) >= 11 is 0. The molecule has 0 bridgehead atoms. The number of esters is 1. The van der Waals surface area contributed by atoms with Crippen LogP contribution in [0, 0.1) is 0 Å². The van der Waals surface area contributed by atoms with Gasteiger partial charge >= 0.3 is 5.97 Å². The topological polar surface area (TPSA) is 39.4 Å². The van der Waals surface area contributed by atoms with Crippen LogP contribution >= 0.6 is 0 Å². The molecule has 3 nitrogen and oxygen atoms in total. The van der Waals surface area contributed by atoms with Crippen molar-refractivity contribution in [2.45, 2.75) is 58.3 Å². The second-order valence-electron chi connectivity index (χ2n) is 4.59. The molecule has 0 amide bonds. The summed E-state index contributed by atoms with van der Waals surface area (Å²) in [5.74, 6) is -0.0717. The van der Waals surface area contributed by atoms with Crippen LogP contribution < -0.4 is 0 Å². The van der Waals surface area contributed by atoms with Crippen molar-refractivity contribution in [2.75, 3.05) is 6.61 Å². The lowest BCUT2D eigenvalue weighted by atomic mass is 10.1. The van der Waals surface area contributed by atoms with Gasteiger partial charge < -0.3 is 9.15 Å². The van der Waals surface area contributed by atoms with E-state index >= 15 is 0 Å². The fourth-order valence-electron chi connectivity index (χ4n) is 1.87. The van der Waals surface area contributed by atoms with Gasteiger partial charge in [0.05, 0.1) is 12.9 Å². The first-order valence-electron chi connectivity index (χ1n) is 7.05. The van der Waals surface area contributed by atoms with Crippen LogP contribution in [0.4, 0.5) is 0 Å². The van der Waals surface area contributed by atoms with Crippen LogP contribution in [0.15, 0.2) is 22.8 Å². The minimum absolute atomic E-state index is 0.287. The number of furan rings is 1. The van der Waals surface area contributed by atoms with Crippen LogP contribution in [0.1, 0.15) is 68.8 Å². The maximum atomic E-state index is 11.4. The summed E-state index contributed by atoms with van der Waals surface area (Å²) in [7, 11) is 0. The normalized spacial score (nSPS) is 10.5. The number of carbonyl (C=O) groups excluding carboxylic acids is 1. The molecule has 0 aliphatic carbocycles. The molecule has 0 unspecified atom stereocenters. The van der Waals surface area contributed by atoms with E-state index in [2.05, 4.69) is 6.92 Å². The third kappa shape index (κ3) is 6.48. The van der Waals surface area contributed by atoms with Crippen LogP contribution in [0.3, 0.4) is 0 Å². The SMILES string of the molecule is CCCCCCCCCCOC(=O)c1ccco1. The summed E-state index contributed by atoms with van der Waals surface area (Å²) in [6, 6.07) is 3.31. The third-order valence-corrected chi connectivity index (χ3v) is 2.95. The van der Waals surface area contributed by atoms with Gasteiger partial charge in [0.25, 0.3) is 0 Å². The van der Waals surface area contributed by atoms with Gasteiger partial charge in [-0.3, -0.25) is 0 Å². The van der Waals surface area contributed by atoms with Gasteiger partial charge in [0.1, 0.15) is 0 Å². The first-order chi connectivity index (χ1) is 8.84. The van der Waals surface area contributed by atoms with Gasteiger partial charge in [-0.2, -0.15) is 0 Å². The first kappa shape index (κ1) is 14.8. The molecule has 0 saturated heterocycles. The monoisotopic (exact) mass is 252 g/mol. The molecule has 0 fully saturated rings. The molecule has 3 heteroatoms. The number of hydrogen-bond acceptors (Lipinski definition) is 3. The Morgan fingerprint density at radius 1 is 1.11 bits per heavy atom. The Kier molecular flexibility index (Phi) is 8.02. The molecule has 1 aromatic heterocycles. The first-order valence-corrected chi connectivity index (χ1v) is 7.05. The van der Waals surface area contributed by atoms with E-state index in [0.717, 1.165) is 12.8 Å². The predicted molar refractivity (Wildman–Crippen MR) is 71.6 cm³/mol. The second-order valence-corrected chi connectivity index (χ2v) is 4.59. The lowest BCUT2D eigenvalue weighted by Gasteiger charge is -2.03. The summed E-state index contributed by atoms with van der Waals surface area (Å²) in [6.45, 7) is 2.72. The van der Waals surface area contributed by atoms with E-state index in [0.29, 0.717) is 6.61 Å². The van der Waals surface area contributed by atoms with E-state index < -0.39 is 0 Å². The average Bonchev–Trinajstić information content (AvgIpc) is 2.90. The number of rotatable bonds is 10. The third-order valence-electron chi connectivity index (χ3n) is 2.95. The standard InChI is InChI=1S/C15H24O3/c1-2-3-4-5-6-7-8-9-12-18-15(16)14-11-10-13-17-14/h10-11,13H,2-9,12H2,1H3. The van der Waals surface area contributed by atoms with Crippen molar-refractivity contribution >= 4 is 5.97 Å². The second kappa shape index (κ2) is 9.75. The van der Waals surface area contributed by atoms with Crippen LogP contribution in [0.5, 0.6) is 0 Å². The molecule has 0 aliphatic heterocycles. The summed E-state index contributed by atoms with van der Waals surface area (Å²) in [4.78, 5) is 11.4. The lowest BCUT2D eigenvalue weighted by molar-refractivity contribution is 0.0461. The van der Waals surface area contributed by atoms with Crippen LogP contribution in [-0.4, -0.2) is 12.6 Å². The zero-order valence-electron chi connectivity index (χ0n) is 11.3. The fourth-order valence-corrected chi connectivity index (χ4v) is 1.87. The van der Waals surface area contributed by atoms with Crippen molar-refractivity contribution in [3.8, 4) is 0 Å². The highest BCUT2D eigenvalue weighted by atomic mass is 16.5. The summed E-state index contributed by atoms with van der Waals surface area (Å²) < 4.78 is 10.1. The molecule has 0 aliphatic rings. The van der Waals surface area contributed by atoms with Gasteiger partial charge in [0.15, 0.2) is 0 Å². The Hall–Kier alpha value is -1.25. The van der Waals surface area contributed by atoms with Crippen LogP contribution in [0.25, 0.3) is 0 Å². The highest BCUT2D eigenvalue weighted by Gasteiger charge is 2.08. The summed E-state index contributed by atoms with van der Waals surface area (Å²) in [5.41, 5.74) is 0. The number of ether oxygens (including phenoxy) is 1. The number of hydrogen-bond donors (Lipinski definition) is 0. The Labute approximate surface area is 110 Å². The molecule has 0 aromatic carbocycles. The van der Waals surface area contributed by atoms with Crippen molar-refractivity contribution in [1.82, 2.24) is 0 Å². The quantitative estimate of drug-likeness (QED) is 0.452. The fraction of sp³-hybridized carbons (Fsp3) is 0.667. The van der Waals surface area contributed by atoms with Crippen molar-refractivity contribution < 1.29 is 13.9 Å². The van der Waals surface area contributed by atoms with E-state index in [9.17, 15) is 4.79 Å². The zero-order chi connectivity index (χ0) is 13.1. The van der Waals surface area contributed by atoms with Gasteiger partial charge in [-0.1, -0.05) is 51.9 Å². The highest BCUT2D eigenvalue weighted by Crippen LogP contribution is 2.09. The van der Waals surface area contributed by atoms with Gasteiger partial charge in [-0.15, -0.1) is 0 Å². The molecule has 0 radical (unpaired) electrons. The molecule has 18 heavy (non-hydrogen) atoms. The maximum Gasteiger partial charge on any atom is 0.374 e. The van der Waals surface area contributed by atoms with Crippen molar-refractivity contribution in [3.63, 3.8) is 0 Å². The smallest absolute Gasteiger partial charge is 0.374 e. The summed E-state index contributed by atoms with van der Waals surface area (Å²) in [6.07, 6.45) is 11.4. The molecular formula is C15H24O3. The minimum Gasteiger partial charge on any atom is -0.460 e. The van der Waals surface area contributed by atoms with Gasteiger partial charge in [0, 0.05) is 0 Å². The number of carbonyl (C=O) groups is 1. The van der Waals surface area contributed by atoms with Gasteiger partial charge in [0.2, 0.25) is 5.76 Å². The molecular weight excluding hydrogens is 228 g/mol. The molecule has 0 saturated carbocycles. The molecule has 0 spiro atoms. The zero-order valence-corrected chi connectivity index (χ0v) is 11.3. The average molecular weight is 252 g/mol. The molecule has 0 atom stereocenters. The van der Waals surface area contributed by atoms with Crippen LogP contribution in [-0.2, 0) is 4.74 Å². The van der Waals surface area contributed by atoms with E-state index in [1.165, 1.54) is 44.8 Å². The minimum atomic E-state index is -0.358. The summed E-state index contributed by atoms with van der Waals surface area (Å²) in [5, 5.41) is 0. The van der Waals surface area contributed by atoms with Crippen molar-refractivity contribution in [1.29, 1.82) is 0 Å². The lowest BCUT2D eigenvalue weighted by Crippen LogP contribution is -2.05.